The second-order valence-electron chi connectivity index (χ2n) is 8.39. The molecule has 1 aromatic heterocycles. The lowest BCUT2D eigenvalue weighted by Gasteiger charge is -2.38. The number of rotatable bonds is 7. The van der Waals surface area contributed by atoms with Crippen molar-refractivity contribution in [3.63, 3.8) is 0 Å². The van der Waals surface area contributed by atoms with Gasteiger partial charge in [-0.05, 0) is 46.3 Å². The maximum Gasteiger partial charge on any atom is 0.214 e. The molecule has 1 aliphatic rings. The Kier molecular flexibility index (Phi) is 6.81. The second kappa shape index (κ2) is 10.3. The summed E-state index contributed by atoms with van der Waals surface area (Å²) in [5, 5.41) is 13.0. The number of thioether (sulfide) groups is 1. The van der Waals surface area contributed by atoms with Gasteiger partial charge in [0.1, 0.15) is 0 Å². The molecule has 168 valence electrons. The third kappa shape index (κ3) is 5.16. The van der Waals surface area contributed by atoms with Gasteiger partial charge in [-0.1, -0.05) is 84.6 Å². The Morgan fingerprint density at radius 1 is 0.788 bits per heavy atom. The third-order valence-electron chi connectivity index (χ3n) is 6.12. The minimum atomic E-state index is 0.284. The van der Waals surface area contributed by atoms with Crippen LogP contribution in [0, 0.1) is 0 Å². The Labute approximate surface area is 199 Å². The number of tetrazole rings is 1. The zero-order chi connectivity index (χ0) is 22.5. The van der Waals surface area contributed by atoms with Crippen LogP contribution in [0.15, 0.2) is 90.1 Å². The van der Waals surface area contributed by atoms with E-state index in [-0.39, 0.29) is 6.04 Å². The summed E-state index contributed by atoms with van der Waals surface area (Å²) in [5.41, 5.74) is 4.93. The van der Waals surface area contributed by atoms with Gasteiger partial charge < -0.3 is 4.90 Å². The predicted molar refractivity (Wildman–Crippen MR) is 133 cm³/mol. The number of piperazine rings is 1. The van der Waals surface area contributed by atoms with Crippen LogP contribution in [0.25, 0.3) is 5.69 Å². The van der Waals surface area contributed by atoms with E-state index in [4.69, 9.17) is 0 Å². The molecule has 0 radical (unpaired) electrons. The van der Waals surface area contributed by atoms with Crippen molar-refractivity contribution >= 4 is 11.8 Å². The lowest BCUT2D eigenvalue weighted by molar-refractivity contribution is 0.127. The average Bonchev–Trinajstić information content (AvgIpc) is 3.35. The van der Waals surface area contributed by atoms with Crippen LogP contribution in [0.4, 0.5) is 0 Å². The van der Waals surface area contributed by atoms with Gasteiger partial charge in [0, 0.05) is 31.9 Å². The van der Waals surface area contributed by atoms with E-state index < -0.39 is 0 Å². The molecule has 0 aliphatic carbocycles. The van der Waals surface area contributed by atoms with Crippen molar-refractivity contribution in [1.29, 1.82) is 0 Å². The van der Waals surface area contributed by atoms with Gasteiger partial charge in [0.15, 0.2) is 0 Å². The Morgan fingerprint density at radius 3 is 2.12 bits per heavy atom. The van der Waals surface area contributed by atoms with Crippen LogP contribution in [-0.4, -0.2) is 63.2 Å². The highest BCUT2D eigenvalue weighted by molar-refractivity contribution is 7.98. The summed E-state index contributed by atoms with van der Waals surface area (Å²) in [6.07, 6.45) is 0. The first kappa shape index (κ1) is 21.8. The van der Waals surface area contributed by atoms with Crippen LogP contribution in [0.5, 0.6) is 0 Å². The zero-order valence-corrected chi connectivity index (χ0v) is 19.6. The van der Waals surface area contributed by atoms with Crippen LogP contribution < -0.4 is 0 Å². The molecule has 6 nitrogen and oxygen atoms in total. The topological polar surface area (TPSA) is 50.1 Å². The highest BCUT2D eigenvalue weighted by Crippen LogP contribution is 2.30. The lowest BCUT2D eigenvalue weighted by Crippen LogP contribution is -2.46. The third-order valence-corrected chi connectivity index (χ3v) is 7.11. The average molecular weight is 457 g/mol. The Bertz CT molecular complexity index is 1140. The highest BCUT2D eigenvalue weighted by Gasteiger charge is 2.25. The summed E-state index contributed by atoms with van der Waals surface area (Å²) in [5.74, 6) is 0.817. The van der Waals surface area contributed by atoms with E-state index >= 15 is 0 Å². The molecule has 0 saturated carbocycles. The van der Waals surface area contributed by atoms with Crippen molar-refractivity contribution in [2.45, 2.75) is 17.0 Å². The summed E-state index contributed by atoms with van der Waals surface area (Å²) in [6.45, 7) is 4.37. The van der Waals surface area contributed by atoms with Crippen LogP contribution in [-0.2, 0) is 5.75 Å². The minimum Gasteiger partial charge on any atom is -0.304 e. The van der Waals surface area contributed by atoms with Gasteiger partial charge in [-0.3, -0.25) is 4.90 Å². The van der Waals surface area contributed by atoms with Crippen molar-refractivity contribution in [1.82, 2.24) is 30.0 Å². The summed E-state index contributed by atoms with van der Waals surface area (Å²) in [7, 11) is 2.20. The van der Waals surface area contributed by atoms with E-state index in [1.54, 1.807) is 16.4 Å². The first-order chi connectivity index (χ1) is 16.3. The fourth-order valence-electron chi connectivity index (χ4n) is 4.27. The fraction of sp³-hybridized carbons (Fsp3) is 0.269. The van der Waals surface area contributed by atoms with Crippen molar-refractivity contribution in [2.24, 2.45) is 0 Å². The summed E-state index contributed by atoms with van der Waals surface area (Å²) >= 11 is 1.65. The molecule has 0 amide bonds. The quantitative estimate of drug-likeness (QED) is 0.387. The van der Waals surface area contributed by atoms with Gasteiger partial charge >= 0.3 is 0 Å². The number of benzene rings is 3. The van der Waals surface area contributed by atoms with Crippen molar-refractivity contribution in [2.75, 3.05) is 33.2 Å². The summed E-state index contributed by atoms with van der Waals surface area (Å²) in [6, 6.07) is 30.2. The van der Waals surface area contributed by atoms with Crippen LogP contribution in [0.1, 0.15) is 22.7 Å². The number of nitrogens with zero attached hydrogens (tertiary/aromatic N) is 6. The largest absolute Gasteiger partial charge is 0.304 e. The number of likely N-dealkylation sites (N-methyl/N-ethyl adjacent to an activating group) is 1. The maximum absolute atomic E-state index is 4.21. The molecule has 33 heavy (non-hydrogen) atoms. The van der Waals surface area contributed by atoms with Gasteiger partial charge in [0.2, 0.25) is 5.16 Å². The fourth-order valence-corrected chi connectivity index (χ4v) is 5.12. The summed E-state index contributed by atoms with van der Waals surface area (Å²) in [4.78, 5) is 5.01. The smallest absolute Gasteiger partial charge is 0.214 e. The molecule has 0 bridgehead atoms. The van der Waals surface area contributed by atoms with Crippen LogP contribution in [0.2, 0.25) is 0 Å². The van der Waals surface area contributed by atoms with Crippen LogP contribution in [0.3, 0.4) is 0 Å². The minimum absolute atomic E-state index is 0.284. The highest BCUT2D eigenvalue weighted by atomic mass is 32.2. The van der Waals surface area contributed by atoms with Gasteiger partial charge in [0.25, 0.3) is 0 Å². The van der Waals surface area contributed by atoms with Crippen molar-refractivity contribution in [3.8, 4) is 5.69 Å². The summed E-state index contributed by atoms with van der Waals surface area (Å²) < 4.78 is 1.79. The van der Waals surface area contributed by atoms with E-state index in [1.165, 1.54) is 16.7 Å². The molecule has 3 aromatic carbocycles. The first-order valence-corrected chi connectivity index (χ1v) is 12.3. The molecular weight excluding hydrogens is 428 g/mol. The molecule has 0 spiro atoms. The van der Waals surface area contributed by atoms with E-state index in [0.717, 1.165) is 42.8 Å². The van der Waals surface area contributed by atoms with E-state index in [1.807, 2.05) is 30.3 Å². The molecule has 2 heterocycles. The molecule has 7 heteroatoms. The molecule has 4 aromatic rings. The van der Waals surface area contributed by atoms with Gasteiger partial charge in [-0.2, -0.15) is 4.68 Å². The SMILES string of the molecule is CN1CCN(C(c2ccccc2)c2ccc(CSc3nnnn3-c3ccccc3)cc2)CC1. The molecule has 1 unspecified atom stereocenters. The van der Waals surface area contributed by atoms with E-state index in [2.05, 4.69) is 87.0 Å². The second-order valence-corrected chi connectivity index (χ2v) is 9.33. The molecule has 0 N–H and O–H groups in total. The number of hydrogen-bond acceptors (Lipinski definition) is 6. The Hall–Kier alpha value is -3.00. The monoisotopic (exact) mass is 456 g/mol. The number of hydrogen-bond donors (Lipinski definition) is 0. The van der Waals surface area contributed by atoms with Gasteiger partial charge in [-0.15, -0.1) is 5.10 Å². The first-order valence-electron chi connectivity index (χ1n) is 11.3. The standard InChI is InChI=1S/C26H28N6S/c1-30-16-18-31(19-17-30)25(22-8-4-2-5-9-22)23-14-12-21(13-15-23)20-33-26-27-28-29-32(26)24-10-6-3-7-11-24/h2-15,25H,16-20H2,1H3. The molecular formula is C26H28N6S. The molecule has 5 rings (SSSR count). The molecule has 1 saturated heterocycles. The maximum atomic E-state index is 4.21. The van der Waals surface area contributed by atoms with Crippen molar-refractivity contribution in [3.05, 3.63) is 102 Å². The Balaban J connectivity index is 1.32. The molecule has 1 fully saturated rings. The Morgan fingerprint density at radius 2 is 1.42 bits per heavy atom. The number of aromatic nitrogens is 4. The van der Waals surface area contributed by atoms with E-state index in [0.29, 0.717) is 0 Å². The predicted octanol–water partition coefficient (Wildman–Crippen LogP) is 4.29. The molecule has 1 aliphatic heterocycles. The van der Waals surface area contributed by atoms with Gasteiger partial charge in [0.05, 0.1) is 11.7 Å². The van der Waals surface area contributed by atoms with Crippen molar-refractivity contribution < 1.29 is 0 Å². The zero-order valence-electron chi connectivity index (χ0n) is 18.8. The lowest BCUT2D eigenvalue weighted by atomic mass is 9.95. The van der Waals surface area contributed by atoms with E-state index in [9.17, 15) is 0 Å². The van der Waals surface area contributed by atoms with Crippen LogP contribution >= 0.6 is 11.8 Å². The normalized spacial score (nSPS) is 16.0. The molecule has 1 atom stereocenters. The van der Waals surface area contributed by atoms with Gasteiger partial charge in [-0.25, -0.2) is 0 Å². The number of para-hydroxylation sites is 1.